The molecule has 9 heteroatoms. The van der Waals surface area contributed by atoms with Crippen LogP contribution in [0.4, 0.5) is 4.39 Å². The van der Waals surface area contributed by atoms with Gasteiger partial charge in [0, 0.05) is 80.5 Å². The van der Waals surface area contributed by atoms with Gasteiger partial charge in [-0.25, -0.2) is 0 Å². The second-order valence-electron chi connectivity index (χ2n) is 28.3. The van der Waals surface area contributed by atoms with Gasteiger partial charge in [0.2, 0.25) is 6.71 Å². The quantitative estimate of drug-likeness (QED) is 0.123. The number of nitrogens with zero attached hydrogens (tertiary/aromatic N) is 4. The zero-order chi connectivity index (χ0) is 61.6. The monoisotopic (exact) mass is 1360 g/mol. The molecule has 4 aromatic heterocycles. The summed E-state index contributed by atoms with van der Waals surface area (Å²) in [6, 6.07) is 63.7. The third kappa shape index (κ3) is 10.1. The summed E-state index contributed by atoms with van der Waals surface area (Å²) in [5, 5.41) is 4.78. The minimum Gasteiger partial charge on any atom is -0.500 e. The third-order valence-electron chi connectivity index (χ3n) is 18.5. The maximum atomic E-state index is 12.7. The molecule has 15 rings (SSSR count). The van der Waals surface area contributed by atoms with Crippen molar-refractivity contribution in [3.63, 3.8) is 0 Å². The molecule has 6 heterocycles. The van der Waals surface area contributed by atoms with E-state index in [1.165, 1.54) is 105 Å². The summed E-state index contributed by atoms with van der Waals surface area (Å²) in [5.74, 6) is 1.17. The summed E-state index contributed by atoms with van der Waals surface area (Å²) in [6.45, 7) is 34.4. The Morgan fingerprint density at radius 1 is 0.584 bits per heavy atom. The topological polar surface area (TPSA) is 48.8 Å². The average molecular weight is 1360 g/mol. The Bertz CT molecular complexity index is 4980. The number of para-hydroxylation sites is 4. The fourth-order valence-electron chi connectivity index (χ4n) is 13.5. The van der Waals surface area contributed by atoms with Crippen LogP contribution < -0.4 is 16.4 Å². The van der Waals surface area contributed by atoms with Crippen LogP contribution in [0.1, 0.15) is 141 Å². The van der Waals surface area contributed by atoms with Crippen LogP contribution in [-0.4, -0.2) is 25.8 Å². The fraction of sp³-hybridized carbons (Fsp3) is 0.250. The van der Waals surface area contributed by atoms with Crippen LogP contribution in [0.5, 0.6) is 0 Å². The molecule has 13 aromatic rings. The van der Waals surface area contributed by atoms with Gasteiger partial charge < -0.3 is 18.5 Å². The maximum Gasteiger partial charge on any atom is 0.249 e. The molecule has 0 amide bonds. The summed E-state index contributed by atoms with van der Waals surface area (Å²) in [7, 11) is 0. The van der Waals surface area contributed by atoms with E-state index < -0.39 is 0 Å². The van der Waals surface area contributed by atoms with Crippen LogP contribution in [0, 0.1) is 31.8 Å². The van der Waals surface area contributed by atoms with Gasteiger partial charge in [-0.15, -0.1) is 48.0 Å². The molecule has 0 saturated heterocycles. The Hall–Kier alpha value is -7.81. The van der Waals surface area contributed by atoms with E-state index in [0.717, 1.165) is 72.3 Å². The number of halogens is 1. The zero-order valence-corrected chi connectivity index (χ0v) is 56.8. The number of fused-ring (bicyclic) bond motifs is 11. The predicted octanol–water partition coefficient (Wildman–Crippen LogP) is 19.9. The van der Waals surface area contributed by atoms with Crippen LogP contribution in [-0.2, 0) is 36.4 Å². The molecule has 2 aliphatic heterocycles. The number of aryl methyl sites for hydroxylation is 2. The Morgan fingerprint density at radius 3 is 1.96 bits per heavy atom. The molecule has 0 bridgehead atoms. The van der Waals surface area contributed by atoms with Gasteiger partial charge >= 0.3 is 0 Å². The fourth-order valence-corrected chi connectivity index (χ4v) is 14.7. The first-order valence-corrected chi connectivity index (χ1v) is 32.0. The smallest absolute Gasteiger partial charge is 0.249 e. The van der Waals surface area contributed by atoms with Crippen molar-refractivity contribution in [3.05, 3.63) is 221 Å². The molecule has 2 aliphatic rings. The van der Waals surface area contributed by atoms with Gasteiger partial charge in [0.1, 0.15) is 5.58 Å². The Labute approximate surface area is 541 Å². The molecular weight excluding hydrogens is 1290 g/mol. The number of furan rings is 1. The molecule has 5 nitrogen and oxygen atoms in total. The number of rotatable bonds is 6. The van der Waals surface area contributed by atoms with Crippen molar-refractivity contribution in [1.29, 1.82) is 0 Å². The predicted molar refractivity (Wildman–Crippen MR) is 370 cm³/mol. The van der Waals surface area contributed by atoms with Crippen molar-refractivity contribution in [2.45, 2.75) is 142 Å². The van der Waals surface area contributed by atoms with Crippen molar-refractivity contribution in [2.75, 3.05) is 0 Å². The van der Waals surface area contributed by atoms with Crippen LogP contribution in [0.15, 0.2) is 178 Å². The van der Waals surface area contributed by atoms with Crippen LogP contribution >= 0.6 is 11.8 Å². The van der Waals surface area contributed by atoms with Crippen LogP contribution in [0.25, 0.3) is 99.9 Å². The minimum atomic E-state index is -0.275. The SMILES string of the molecule is CC(C)c1cccc(C(C)C)c1-n1c(-c2[c-]ccc3c2oc2c(-c4cc5c6c(c4)-n4c7ccc(C(C)(C)C)cc7c7cc(C(C)(C)C)cc(c74)B6c4cc(C(C)(C)C)ccc4S5)cccc23)nc2ccccc21.Cc1cnc(-c2[c-]cc(F)cc2)cc1C.[Ir]. The second kappa shape index (κ2) is 22.0. The molecule has 0 spiro atoms. The van der Waals surface area contributed by atoms with E-state index in [0.29, 0.717) is 11.8 Å². The van der Waals surface area contributed by atoms with Gasteiger partial charge in [0.15, 0.2) is 0 Å². The van der Waals surface area contributed by atoms with E-state index in [1.807, 2.05) is 37.9 Å². The zero-order valence-electron chi connectivity index (χ0n) is 53.6. The van der Waals surface area contributed by atoms with E-state index in [4.69, 9.17) is 9.40 Å². The standard InChI is InChI=1S/C67H63BN3OS.C13H11FN.Ir/c1-37(2)43-19-16-20-44(38(3)4)60(43)71-55-26-15-14-25-53(55)69-64(71)48-24-18-23-47-46-22-17-21-45(62(46)72-63(47)48)39-31-56-59-58(32-39)73-57-30-28-41(66(8,9)10)35-51(57)68(59)52-36-42(67(11,12)13)34-50-49-33-40(65(5,6)7)27-29-54(49)70(56)61(50)52;1-9-7-13(15-8-10(9)2)11-3-5-12(14)6-4-11;/h14-23,25-38H,1-13H3;3,5-8H,1-2H3;/q2*-1;. The van der Waals surface area contributed by atoms with Gasteiger partial charge in [-0.05, 0) is 146 Å². The summed E-state index contributed by atoms with van der Waals surface area (Å²) in [6.07, 6.45) is 1.82. The van der Waals surface area contributed by atoms with Gasteiger partial charge in [0.05, 0.1) is 28.0 Å². The van der Waals surface area contributed by atoms with Gasteiger partial charge in [-0.1, -0.05) is 203 Å². The molecule has 0 atom stereocenters. The molecule has 0 N–H and O–H groups in total. The van der Waals surface area contributed by atoms with E-state index in [2.05, 4.69) is 250 Å². The number of aromatic nitrogens is 4. The van der Waals surface area contributed by atoms with E-state index >= 15 is 0 Å². The van der Waals surface area contributed by atoms with E-state index in [9.17, 15) is 4.39 Å². The molecule has 0 aliphatic carbocycles. The van der Waals surface area contributed by atoms with Gasteiger partial charge in [0.25, 0.3) is 0 Å². The van der Waals surface area contributed by atoms with E-state index in [1.54, 1.807) is 6.07 Å². The Balaban J connectivity index is 0.000000399. The number of benzene rings is 9. The van der Waals surface area contributed by atoms with Crippen molar-refractivity contribution in [3.8, 4) is 45.1 Å². The van der Waals surface area contributed by atoms with E-state index in [-0.39, 0.29) is 48.9 Å². The molecule has 0 fully saturated rings. The third-order valence-corrected chi connectivity index (χ3v) is 19.7. The van der Waals surface area contributed by atoms with Gasteiger partial charge in [-0.2, -0.15) is 0 Å². The largest absolute Gasteiger partial charge is 0.500 e. The van der Waals surface area contributed by atoms with Crippen molar-refractivity contribution >= 4 is 89.6 Å². The van der Waals surface area contributed by atoms with Crippen LogP contribution in [0.2, 0.25) is 0 Å². The first kappa shape index (κ1) is 60.1. The van der Waals surface area contributed by atoms with Crippen LogP contribution in [0.3, 0.4) is 0 Å². The summed E-state index contributed by atoms with van der Waals surface area (Å²) in [5.41, 5.74) is 26.6. The molecule has 0 unspecified atom stereocenters. The number of hydrogen-bond acceptors (Lipinski definition) is 4. The Morgan fingerprint density at radius 2 is 1.26 bits per heavy atom. The first-order chi connectivity index (χ1) is 41.9. The molecule has 0 saturated carbocycles. The van der Waals surface area contributed by atoms with Crippen molar-refractivity contribution in [1.82, 2.24) is 19.1 Å². The van der Waals surface area contributed by atoms with Crippen molar-refractivity contribution < 1.29 is 28.9 Å². The molecule has 9 aromatic carbocycles. The normalized spacial score (nSPS) is 13.0. The minimum absolute atomic E-state index is 0. The first-order valence-electron chi connectivity index (χ1n) is 31.1. The molecule has 447 valence electrons. The summed E-state index contributed by atoms with van der Waals surface area (Å²) < 4.78 is 25.1. The number of hydrogen-bond donors (Lipinski definition) is 0. The summed E-state index contributed by atoms with van der Waals surface area (Å²) in [4.78, 5) is 12.3. The van der Waals surface area contributed by atoms with Gasteiger partial charge in [-0.3, -0.25) is 9.37 Å². The number of pyridine rings is 1. The average Bonchev–Trinajstić information content (AvgIpc) is 1.65. The Kier molecular flexibility index (Phi) is 14.9. The molecule has 1 radical (unpaired) electrons. The van der Waals surface area contributed by atoms with Crippen molar-refractivity contribution in [2.24, 2.45) is 0 Å². The molecular formula is C80H74BFIrN4OS-2. The maximum absolute atomic E-state index is 12.7. The molecule has 89 heavy (non-hydrogen) atoms. The number of imidazole rings is 1. The summed E-state index contributed by atoms with van der Waals surface area (Å²) >= 11 is 1.92. The second-order valence-corrected chi connectivity index (χ2v) is 29.4.